The summed E-state index contributed by atoms with van der Waals surface area (Å²) < 4.78 is 0.358. The predicted octanol–water partition coefficient (Wildman–Crippen LogP) is 0.624. The second-order valence-corrected chi connectivity index (χ2v) is 5.31. The molecule has 1 unspecified atom stereocenters. The number of aromatic nitrogens is 2. The third kappa shape index (κ3) is 4.33. The Labute approximate surface area is 104 Å². The van der Waals surface area contributed by atoms with E-state index in [2.05, 4.69) is 15.5 Å². The molecule has 0 aromatic carbocycles. The predicted molar refractivity (Wildman–Crippen MR) is 61.7 cm³/mol. The Bertz CT molecular complexity index is 374. The fraction of sp³-hybridized carbons (Fsp3) is 0.429. The SMILES string of the molecule is O=CNC(CSCc1nnc(Cl)s1)C(=O)O. The van der Waals surface area contributed by atoms with Crippen LogP contribution in [0.3, 0.4) is 0 Å². The van der Waals surface area contributed by atoms with Crippen LogP contribution in [0.15, 0.2) is 0 Å². The van der Waals surface area contributed by atoms with Crippen molar-refractivity contribution in [2.24, 2.45) is 0 Å². The van der Waals surface area contributed by atoms with Gasteiger partial charge in [0.2, 0.25) is 10.9 Å². The van der Waals surface area contributed by atoms with Gasteiger partial charge in [0.1, 0.15) is 11.0 Å². The molecular weight excluding hydrogens is 274 g/mol. The van der Waals surface area contributed by atoms with Gasteiger partial charge in [0.25, 0.3) is 0 Å². The molecule has 1 heterocycles. The molecule has 0 bridgehead atoms. The van der Waals surface area contributed by atoms with Crippen molar-refractivity contribution in [2.75, 3.05) is 5.75 Å². The van der Waals surface area contributed by atoms with Gasteiger partial charge in [-0.3, -0.25) is 4.79 Å². The normalized spacial score (nSPS) is 12.1. The van der Waals surface area contributed by atoms with Crippen molar-refractivity contribution in [2.45, 2.75) is 11.8 Å². The second-order valence-electron chi connectivity index (χ2n) is 2.64. The first-order valence-corrected chi connectivity index (χ1v) is 6.46. The van der Waals surface area contributed by atoms with Crippen LogP contribution in [0.25, 0.3) is 0 Å². The zero-order chi connectivity index (χ0) is 12.0. The monoisotopic (exact) mass is 281 g/mol. The summed E-state index contributed by atoms with van der Waals surface area (Å²) in [7, 11) is 0. The summed E-state index contributed by atoms with van der Waals surface area (Å²) in [5, 5.41) is 19.1. The average molecular weight is 282 g/mol. The Balaban J connectivity index is 2.33. The van der Waals surface area contributed by atoms with E-state index in [1.165, 1.54) is 23.1 Å². The van der Waals surface area contributed by atoms with Gasteiger partial charge in [0.05, 0.1) is 0 Å². The molecule has 16 heavy (non-hydrogen) atoms. The van der Waals surface area contributed by atoms with Crippen LogP contribution < -0.4 is 5.32 Å². The van der Waals surface area contributed by atoms with Crippen molar-refractivity contribution in [1.82, 2.24) is 15.5 Å². The number of carbonyl (C=O) groups excluding carboxylic acids is 1. The van der Waals surface area contributed by atoms with Crippen LogP contribution in [0.5, 0.6) is 0 Å². The molecule has 6 nitrogen and oxygen atoms in total. The summed E-state index contributed by atoms with van der Waals surface area (Å²) in [6, 6.07) is -0.883. The Hall–Kier alpha value is -0.860. The maximum atomic E-state index is 10.7. The highest BCUT2D eigenvalue weighted by atomic mass is 35.5. The van der Waals surface area contributed by atoms with Crippen molar-refractivity contribution in [3.63, 3.8) is 0 Å². The highest BCUT2D eigenvalue weighted by Crippen LogP contribution is 2.20. The zero-order valence-electron chi connectivity index (χ0n) is 7.92. The number of rotatable bonds is 7. The molecule has 9 heteroatoms. The minimum Gasteiger partial charge on any atom is -0.480 e. The molecule has 0 saturated carbocycles. The Kier molecular flexibility index (Phi) is 5.50. The molecule has 2 N–H and O–H groups in total. The van der Waals surface area contributed by atoms with Crippen LogP contribution in [0.4, 0.5) is 0 Å². The van der Waals surface area contributed by atoms with Crippen LogP contribution >= 0.6 is 34.7 Å². The molecule has 88 valence electrons. The Morgan fingerprint density at radius 3 is 2.94 bits per heavy atom. The Morgan fingerprint density at radius 1 is 1.69 bits per heavy atom. The van der Waals surface area contributed by atoms with E-state index < -0.39 is 12.0 Å². The number of aliphatic carboxylic acids is 1. The molecular formula is C7H8ClN3O3S2. The largest absolute Gasteiger partial charge is 0.480 e. The first-order chi connectivity index (χ1) is 7.63. The molecule has 0 aliphatic rings. The van der Waals surface area contributed by atoms with Gasteiger partial charge in [0.15, 0.2) is 0 Å². The van der Waals surface area contributed by atoms with Gasteiger partial charge in [-0.25, -0.2) is 4.79 Å². The first-order valence-electron chi connectivity index (χ1n) is 4.11. The number of hydrogen-bond acceptors (Lipinski definition) is 6. The number of carboxylic acids is 1. The van der Waals surface area contributed by atoms with E-state index >= 15 is 0 Å². The zero-order valence-corrected chi connectivity index (χ0v) is 10.3. The number of carboxylic acid groups (broad SMARTS) is 1. The highest BCUT2D eigenvalue weighted by Gasteiger charge is 2.16. The van der Waals surface area contributed by atoms with E-state index in [0.717, 1.165) is 5.01 Å². The minimum absolute atomic E-state index is 0.269. The van der Waals surface area contributed by atoms with Gasteiger partial charge >= 0.3 is 5.97 Å². The molecule has 0 radical (unpaired) electrons. The van der Waals surface area contributed by atoms with Crippen molar-refractivity contribution in [3.8, 4) is 0 Å². The van der Waals surface area contributed by atoms with Crippen LogP contribution in [-0.2, 0) is 15.3 Å². The third-order valence-electron chi connectivity index (χ3n) is 1.52. The lowest BCUT2D eigenvalue weighted by atomic mass is 10.3. The summed E-state index contributed by atoms with van der Waals surface area (Å²) in [4.78, 5) is 20.8. The van der Waals surface area contributed by atoms with E-state index in [1.54, 1.807) is 0 Å². The molecule has 1 aromatic rings. The summed E-state index contributed by atoms with van der Waals surface area (Å²) in [5.74, 6) is -0.269. The molecule has 0 saturated heterocycles. The van der Waals surface area contributed by atoms with Gasteiger partial charge in [0, 0.05) is 11.5 Å². The first kappa shape index (κ1) is 13.2. The lowest BCUT2D eigenvalue weighted by Crippen LogP contribution is -2.37. The molecule has 1 atom stereocenters. The minimum atomic E-state index is -1.06. The standard InChI is InChI=1S/C7H8ClN3O3S2/c8-7-11-10-5(16-7)2-15-1-4(6(13)14)9-3-12/h3-4H,1-2H2,(H,9,12)(H,13,14). The van der Waals surface area contributed by atoms with E-state index in [0.29, 0.717) is 16.6 Å². The van der Waals surface area contributed by atoms with E-state index in [-0.39, 0.29) is 5.75 Å². The lowest BCUT2D eigenvalue weighted by Gasteiger charge is -2.09. The summed E-state index contributed by atoms with van der Waals surface area (Å²) in [6.07, 6.45) is 0.376. The molecule has 1 rings (SSSR count). The number of amides is 1. The van der Waals surface area contributed by atoms with Gasteiger partial charge in [-0.2, -0.15) is 11.8 Å². The average Bonchev–Trinajstić information content (AvgIpc) is 2.63. The number of halogens is 1. The van der Waals surface area contributed by atoms with Gasteiger partial charge in [-0.05, 0) is 11.6 Å². The quantitative estimate of drug-likeness (QED) is 0.712. The molecule has 0 aliphatic carbocycles. The lowest BCUT2D eigenvalue weighted by molar-refractivity contribution is -0.139. The fourth-order valence-electron chi connectivity index (χ4n) is 0.828. The van der Waals surface area contributed by atoms with Crippen molar-refractivity contribution < 1.29 is 14.7 Å². The second kappa shape index (κ2) is 6.66. The molecule has 0 spiro atoms. The highest BCUT2D eigenvalue weighted by molar-refractivity contribution is 7.98. The summed E-state index contributed by atoms with van der Waals surface area (Å²) >= 11 is 8.17. The maximum absolute atomic E-state index is 10.7. The molecule has 0 aliphatic heterocycles. The topological polar surface area (TPSA) is 92.2 Å². The van der Waals surface area contributed by atoms with Gasteiger partial charge in [-0.1, -0.05) is 11.3 Å². The molecule has 1 aromatic heterocycles. The summed E-state index contributed by atoms with van der Waals surface area (Å²) in [6.45, 7) is 0. The van der Waals surface area contributed by atoms with Crippen molar-refractivity contribution in [1.29, 1.82) is 0 Å². The van der Waals surface area contributed by atoms with Gasteiger partial charge in [-0.15, -0.1) is 10.2 Å². The molecule has 1 amide bonds. The van der Waals surface area contributed by atoms with Gasteiger partial charge < -0.3 is 10.4 Å². The number of carbonyl (C=O) groups is 2. The van der Waals surface area contributed by atoms with Crippen molar-refractivity contribution in [3.05, 3.63) is 9.47 Å². The maximum Gasteiger partial charge on any atom is 0.327 e. The molecule has 0 fully saturated rings. The third-order valence-corrected chi connectivity index (χ3v) is 3.77. The number of nitrogens with zero attached hydrogens (tertiary/aromatic N) is 2. The van der Waals surface area contributed by atoms with E-state index in [9.17, 15) is 9.59 Å². The smallest absolute Gasteiger partial charge is 0.327 e. The summed E-state index contributed by atoms with van der Waals surface area (Å²) in [5.41, 5.74) is 0. The van der Waals surface area contributed by atoms with Crippen LogP contribution in [0.1, 0.15) is 5.01 Å². The van der Waals surface area contributed by atoms with Crippen LogP contribution in [0.2, 0.25) is 4.47 Å². The Morgan fingerprint density at radius 2 is 2.44 bits per heavy atom. The van der Waals surface area contributed by atoms with E-state index in [4.69, 9.17) is 16.7 Å². The number of thioether (sulfide) groups is 1. The fourth-order valence-corrected chi connectivity index (χ4v) is 2.80. The van der Waals surface area contributed by atoms with Crippen LogP contribution in [-0.4, -0.2) is 39.5 Å². The van der Waals surface area contributed by atoms with Crippen LogP contribution in [0, 0.1) is 0 Å². The number of hydrogen-bond donors (Lipinski definition) is 2. The van der Waals surface area contributed by atoms with E-state index in [1.807, 2.05) is 0 Å². The van der Waals surface area contributed by atoms with Crippen molar-refractivity contribution >= 4 is 47.1 Å². The number of nitrogens with one attached hydrogen (secondary N) is 1.